The molecular formula is C25H25FN6O2. The highest BCUT2D eigenvalue weighted by molar-refractivity contribution is 5.83. The number of anilines is 1. The van der Waals surface area contributed by atoms with Crippen molar-refractivity contribution >= 4 is 22.5 Å². The molecule has 174 valence electrons. The lowest BCUT2D eigenvalue weighted by atomic mass is 9.90. The quantitative estimate of drug-likeness (QED) is 0.301. The lowest BCUT2D eigenvalue weighted by Crippen LogP contribution is -2.34. The molecule has 8 nitrogen and oxygen atoms in total. The van der Waals surface area contributed by atoms with Gasteiger partial charge >= 0.3 is 0 Å². The molecule has 0 bridgehead atoms. The topological polar surface area (TPSA) is 90.0 Å². The number of pyridine rings is 1. The number of halogens is 1. The summed E-state index contributed by atoms with van der Waals surface area (Å²) in [4.78, 5) is 26.2. The fourth-order valence-corrected chi connectivity index (χ4v) is 4.57. The molecule has 0 N–H and O–H groups in total. The molecule has 1 aliphatic rings. The van der Waals surface area contributed by atoms with Crippen molar-refractivity contribution in [2.45, 2.75) is 38.6 Å². The van der Waals surface area contributed by atoms with Gasteiger partial charge in [0, 0.05) is 49.3 Å². The molecule has 4 aromatic rings. The van der Waals surface area contributed by atoms with Gasteiger partial charge in [0.1, 0.15) is 0 Å². The number of hydrogen-bond donors (Lipinski definition) is 0. The van der Waals surface area contributed by atoms with Gasteiger partial charge in [0.15, 0.2) is 5.82 Å². The second kappa shape index (κ2) is 9.17. The van der Waals surface area contributed by atoms with Gasteiger partial charge in [0.25, 0.3) is 5.69 Å². The molecule has 5 rings (SSSR count). The first kappa shape index (κ1) is 21.9. The van der Waals surface area contributed by atoms with E-state index in [-0.39, 0.29) is 5.69 Å². The van der Waals surface area contributed by atoms with Crippen molar-refractivity contribution in [2.75, 3.05) is 18.0 Å². The molecular weight excluding hydrogens is 435 g/mol. The Labute approximate surface area is 196 Å². The second-order valence-electron chi connectivity index (χ2n) is 8.66. The summed E-state index contributed by atoms with van der Waals surface area (Å²) >= 11 is 0. The molecule has 4 heterocycles. The van der Waals surface area contributed by atoms with Crippen molar-refractivity contribution in [3.8, 4) is 0 Å². The molecule has 0 saturated carbocycles. The number of hydrogen-bond acceptors (Lipinski definition) is 6. The summed E-state index contributed by atoms with van der Waals surface area (Å²) in [5, 5.41) is 11.5. The molecule has 1 saturated heterocycles. The van der Waals surface area contributed by atoms with Crippen LogP contribution in [0.1, 0.15) is 42.5 Å². The number of nitro groups is 1. The summed E-state index contributed by atoms with van der Waals surface area (Å²) < 4.78 is 16.3. The maximum Gasteiger partial charge on any atom is 0.273 e. The van der Waals surface area contributed by atoms with Crippen LogP contribution in [0.3, 0.4) is 0 Å². The molecule has 0 atom stereocenters. The predicted octanol–water partition coefficient (Wildman–Crippen LogP) is 4.87. The van der Waals surface area contributed by atoms with Crippen LogP contribution in [0.15, 0.2) is 55.1 Å². The van der Waals surface area contributed by atoms with Gasteiger partial charge in [-0.1, -0.05) is 13.0 Å². The van der Waals surface area contributed by atoms with Crippen molar-refractivity contribution in [2.24, 2.45) is 0 Å². The summed E-state index contributed by atoms with van der Waals surface area (Å²) in [5.74, 6) is 0.615. The Morgan fingerprint density at radius 3 is 2.50 bits per heavy atom. The van der Waals surface area contributed by atoms with Crippen molar-refractivity contribution < 1.29 is 9.31 Å². The summed E-state index contributed by atoms with van der Waals surface area (Å²) in [7, 11) is 0. The van der Waals surface area contributed by atoms with Crippen LogP contribution < -0.4 is 4.90 Å². The lowest BCUT2D eigenvalue weighted by molar-refractivity contribution is -0.384. The molecule has 9 heteroatoms. The predicted molar refractivity (Wildman–Crippen MR) is 127 cm³/mol. The van der Waals surface area contributed by atoms with Crippen molar-refractivity contribution in [1.29, 1.82) is 0 Å². The zero-order valence-electron chi connectivity index (χ0n) is 18.9. The Morgan fingerprint density at radius 1 is 1.09 bits per heavy atom. The number of fused-ring (bicyclic) bond motifs is 1. The van der Waals surface area contributed by atoms with Gasteiger partial charge in [-0.25, -0.2) is 14.4 Å². The lowest BCUT2D eigenvalue weighted by Gasteiger charge is -2.32. The summed E-state index contributed by atoms with van der Waals surface area (Å²) in [6, 6.07) is 8.12. The zero-order chi connectivity index (χ0) is 23.7. The van der Waals surface area contributed by atoms with Gasteiger partial charge < -0.3 is 9.47 Å². The number of aromatic nitrogens is 4. The first-order valence-electron chi connectivity index (χ1n) is 11.5. The van der Waals surface area contributed by atoms with E-state index in [2.05, 4.69) is 32.8 Å². The second-order valence-corrected chi connectivity index (χ2v) is 8.66. The first-order chi connectivity index (χ1) is 16.5. The molecule has 0 unspecified atom stereocenters. The average molecular weight is 461 g/mol. The molecule has 1 fully saturated rings. The van der Waals surface area contributed by atoms with E-state index >= 15 is 0 Å². The number of non-ortho nitro benzene ring substituents is 1. The van der Waals surface area contributed by atoms with E-state index in [4.69, 9.17) is 0 Å². The molecule has 0 amide bonds. The molecule has 1 aliphatic heterocycles. The van der Waals surface area contributed by atoms with Crippen LogP contribution in [0.25, 0.3) is 10.9 Å². The Hall–Kier alpha value is -3.88. The molecule has 0 aliphatic carbocycles. The van der Waals surface area contributed by atoms with Crippen molar-refractivity contribution in [3.63, 3.8) is 0 Å². The minimum Gasteiger partial charge on any atom is -0.341 e. The van der Waals surface area contributed by atoms with E-state index in [1.165, 1.54) is 11.6 Å². The van der Waals surface area contributed by atoms with E-state index in [9.17, 15) is 14.5 Å². The number of aryl methyl sites for hydroxylation is 1. The number of benzene rings is 1. The standard InChI is InChI=1S/C25H25FN6O2/c1-2-17-13-28-25(29-14-17)30-8-5-18(6-9-30)20-3-4-21(27-15-20)16-31-10-7-19-11-22(32(33)34)12-23(26)24(19)31/h3-4,7,10-15,18H,2,5-6,8-9,16H2,1H3. The Bertz CT molecular complexity index is 1310. The van der Waals surface area contributed by atoms with Crippen LogP contribution in [0.4, 0.5) is 16.0 Å². The number of piperidine rings is 1. The van der Waals surface area contributed by atoms with Crippen LogP contribution in [0, 0.1) is 15.9 Å². The van der Waals surface area contributed by atoms with Crippen molar-refractivity contribution in [3.05, 3.63) is 87.9 Å². The van der Waals surface area contributed by atoms with E-state index < -0.39 is 10.7 Å². The maximum atomic E-state index is 14.5. The van der Waals surface area contributed by atoms with Crippen molar-refractivity contribution in [1.82, 2.24) is 19.5 Å². The number of nitro benzene ring substituents is 1. The van der Waals surface area contributed by atoms with Crippen LogP contribution >= 0.6 is 0 Å². The molecule has 3 aromatic heterocycles. The third-order valence-electron chi connectivity index (χ3n) is 6.54. The van der Waals surface area contributed by atoms with E-state index in [1.807, 2.05) is 24.7 Å². The highest BCUT2D eigenvalue weighted by Gasteiger charge is 2.22. The minimum absolute atomic E-state index is 0.249. The number of nitrogens with zero attached hydrogens (tertiary/aromatic N) is 6. The van der Waals surface area contributed by atoms with Gasteiger partial charge in [-0.3, -0.25) is 15.1 Å². The molecule has 0 spiro atoms. The maximum absolute atomic E-state index is 14.5. The van der Waals surface area contributed by atoms with Crippen LogP contribution in [0.2, 0.25) is 0 Å². The highest BCUT2D eigenvalue weighted by Crippen LogP contribution is 2.30. The SMILES string of the molecule is CCc1cnc(N2CCC(c3ccc(Cn4ccc5cc([N+](=O)[O-])cc(F)c54)nc3)CC2)nc1. The summed E-state index contributed by atoms with van der Waals surface area (Å²) in [6.45, 7) is 4.29. The van der Waals surface area contributed by atoms with E-state index in [1.54, 1.807) is 16.8 Å². The zero-order valence-corrected chi connectivity index (χ0v) is 18.9. The van der Waals surface area contributed by atoms with Gasteiger partial charge in [-0.15, -0.1) is 0 Å². The molecule has 1 aromatic carbocycles. The largest absolute Gasteiger partial charge is 0.341 e. The monoisotopic (exact) mass is 460 g/mol. The van der Waals surface area contributed by atoms with Crippen LogP contribution in [-0.2, 0) is 13.0 Å². The van der Waals surface area contributed by atoms with Crippen LogP contribution in [0.5, 0.6) is 0 Å². The third-order valence-corrected chi connectivity index (χ3v) is 6.54. The van der Waals surface area contributed by atoms with Gasteiger partial charge in [0.2, 0.25) is 5.95 Å². The van der Waals surface area contributed by atoms with Gasteiger partial charge in [-0.2, -0.15) is 0 Å². The fourth-order valence-electron chi connectivity index (χ4n) is 4.57. The van der Waals surface area contributed by atoms with Crippen LogP contribution in [-0.4, -0.2) is 37.5 Å². The minimum atomic E-state index is -0.606. The van der Waals surface area contributed by atoms with E-state index in [0.29, 0.717) is 23.4 Å². The Morgan fingerprint density at radius 2 is 1.85 bits per heavy atom. The fraction of sp³-hybridized carbons (Fsp3) is 0.320. The Balaban J connectivity index is 1.24. The molecule has 34 heavy (non-hydrogen) atoms. The summed E-state index contributed by atoms with van der Waals surface area (Å²) in [6.07, 6.45) is 10.4. The van der Waals surface area contributed by atoms with Gasteiger partial charge in [0.05, 0.1) is 28.7 Å². The number of rotatable bonds is 6. The normalized spacial score (nSPS) is 14.6. The highest BCUT2D eigenvalue weighted by atomic mass is 19.1. The molecule has 0 radical (unpaired) electrons. The third kappa shape index (κ3) is 4.33. The average Bonchev–Trinajstić information content (AvgIpc) is 3.28. The first-order valence-corrected chi connectivity index (χ1v) is 11.5. The summed E-state index contributed by atoms with van der Waals surface area (Å²) in [5.41, 5.74) is 3.24. The smallest absolute Gasteiger partial charge is 0.273 e. The van der Waals surface area contributed by atoms with E-state index in [0.717, 1.165) is 55.6 Å². The Kier molecular flexibility index (Phi) is 5.91. The van der Waals surface area contributed by atoms with Gasteiger partial charge in [-0.05, 0) is 48.4 Å².